The lowest BCUT2D eigenvalue weighted by atomic mass is 10.0. The number of nitrogens with zero attached hydrogens (tertiary/aromatic N) is 2. The summed E-state index contributed by atoms with van der Waals surface area (Å²) >= 11 is 0. The maximum absolute atomic E-state index is 14.5. The molecule has 1 unspecified atom stereocenters. The maximum Gasteiger partial charge on any atom is 0.244 e. The summed E-state index contributed by atoms with van der Waals surface area (Å²) in [4.78, 5) is 0.219. The molecule has 6 heteroatoms. The molecular weight excluding hydrogens is 339 g/mol. The highest BCUT2D eigenvalue weighted by atomic mass is 32.2. The molecule has 1 aliphatic rings. The molecule has 1 atom stereocenters. The highest BCUT2D eigenvalue weighted by Gasteiger charge is 2.38. The van der Waals surface area contributed by atoms with Gasteiger partial charge < -0.3 is 4.57 Å². The van der Waals surface area contributed by atoms with E-state index in [1.807, 2.05) is 22.9 Å². The van der Waals surface area contributed by atoms with Gasteiger partial charge in [0.25, 0.3) is 0 Å². The van der Waals surface area contributed by atoms with Crippen molar-refractivity contribution in [2.24, 2.45) is 0 Å². The predicted molar refractivity (Wildman–Crippen MR) is 93.0 cm³/mol. The molecule has 0 saturated heterocycles. The Balaban J connectivity index is 1.89. The third-order valence-corrected chi connectivity index (χ3v) is 6.42. The van der Waals surface area contributed by atoms with Crippen molar-refractivity contribution in [2.45, 2.75) is 17.5 Å². The molecule has 1 aromatic heterocycles. The Morgan fingerprint density at radius 1 is 0.880 bits per heavy atom. The molecule has 25 heavy (non-hydrogen) atoms. The summed E-state index contributed by atoms with van der Waals surface area (Å²) in [5, 5.41) is 0. The summed E-state index contributed by atoms with van der Waals surface area (Å²) in [5.41, 5.74) is 1.14. The van der Waals surface area contributed by atoms with Gasteiger partial charge in [0.15, 0.2) is 0 Å². The van der Waals surface area contributed by atoms with E-state index in [0.29, 0.717) is 12.1 Å². The second kappa shape index (κ2) is 6.13. The van der Waals surface area contributed by atoms with Crippen molar-refractivity contribution < 1.29 is 12.8 Å². The molecule has 0 saturated carbocycles. The second-order valence-electron chi connectivity index (χ2n) is 5.98. The van der Waals surface area contributed by atoms with E-state index < -0.39 is 21.9 Å². The predicted octanol–water partition coefficient (Wildman–Crippen LogP) is 3.42. The van der Waals surface area contributed by atoms with Crippen molar-refractivity contribution in [3.8, 4) is 0 Å². The summed E-state index contributed by atoms with van der Waals surface area (Å²) in [6, 6.07) is 17.7. The van der Waals surface area contributed by atoms with Gasteiger partial charge in [-0.3, -0.25) is 0 Å². The molecule has 2 aromatic carbocycles. The molecule has 1 aliphatic heterocycles. The van der Waals surface area contributed by atoms with E-state index in [9.17, 15) is 12.8 Å². The summed E-state index contributed by atoms with van der Waals surface area (Å²) < 4.78 is 44.3. The van der Waals surface area contributed by atoms with Crippen LogP contribution in [-0.2, 0) is 16.6 Å². The van der Waals surface area contributed by atoms with Gasteiger partial charge in [0.2, 0.25) is 10.0 Å². The molecule has 0 spiro atoms. The van der Waals surface area contributed by atoms with Crippen molar-refractivity contribution in [2.75, 3.05) is 6.54 Å². The zero-order valence-corrected chi connectivity index (χ0v) is 14.2. The summed E-state index contributed by atoms with van der Waals surface area (Å²) in [5.74, 6) is -0.407. The fourth-order valence-corrected chi connectivity index (χ4v) is 4.95. The van der Waals surface area contributed by atoms with Gasteiger partial charge in [-0.25, -0.2) is 12.8 Å². The van der Waals surface area contributed by atoms with Crippen LogP contribution >= 0.6 is 0 Å². The van der Waals surface area contributed by atoms with Crippen LogP contribution in [0.5, 0.6) is 0 Å². The van der Waals surface area contributed by atoms with E-state index in [2.05, 4.69) is 0 Å². The first kappa shape index (κ1) is 16.1. The SMILES string of the molecule is O=S(=O)(c1ccccc1)N1CCn2cccc2C1c1ccccc1F. The number of sulfonamides is 1. The van der Waals surface area contributed by atoms with Gasteiger partial charge in [0.05, 0.1) is 10.9 Å². The smallest absolute Gasteiger partial charge is 0.244 e. The van der Waals surface area contributed by atoms with Crippen molar-refractivity contribution in [1.82, 2.24) is 8.87 Å². The van der Waals surface area contributed by atoms with Crippen molar-refractivity contribution in [3.05, 3.63) is 90.0 Å². The van der Waals surface area contributed by atoms with E-state index in [1.54, 1.807) is 48.5 Å². The number of aromatic nitrogens is 1. The van der Waals surface area contributed by atoms with E-state index in [1.165, 1.54) is 10.4 Å². The zero-order valence-electron chi connectivity index (χ0n) is 13.4. The molecule has 0 fully saturated rings. The standard InChI is InChI=1S/C19H17FN2O2S/c20-17-10-5-4-9-16(17)19-18-11-6-12-21(18)13-14-22(19)25(23,24)15-7-2-1-3-8-15/h1-12,19H,13-14H2. The molecule has 128 valence electrons. The first-order valence-electron chi connectivity index (χ1n) is 8.05. The highest BCUT2D eigenvalue weighted by Crippen LogP contribution is 2.37. The molecule has 3 aromatic rings. The van der Waals surface area contributed by atoms with Crippen LogP contribution in [0.1, 0.15) is 17.3 Å². The van der Waals surface area contributed by atoms with Gasteiger partial charge in [0.1, 0.15) is 5.82 Å². The second-order valence-corrected chi connectivity index (χ2v) is 7.87. The van der Waals surface area contributed by atoms with Gasteiger partial charge in [-0.05, 0) is 30.3 Å². The van der Waals surface area contributed by atoms with Crippen molar-refractivity contribution >= 4 is 10.0 Å². The molecule has 0 bridgehead atoms. The van der Waals surface area contributed by atoms with Crippen LogP contribution in [0.15, 0.2) is 77.8 Å². The van der Waals surface area contributed by atoms with E-state index in [-0.39, 0.29) is 11.4 Å². The Kier molecular flexibility index (Phi) is 3.94. The average Bonchev–Trinajstić information content (AvgIpc) is 3.11. The molecule has 0 radical (unpaired) electrons. The Morgan fingerprint density at radius 3 is 2.36 bits per heavy atom. The topological polar surface area (TPSA) is 42.3 Å². The minimum Gasteiger partial charge on any atom is -0.348 e. The Bertz CT molecular complexity index is 999. The number of hydrogen-bond acceptors (Lipinski definition) is 2. The fraction of sp³-hybridized carbons (Fsp3) is 0.158. The number of rotatable bonds is 3. The van der Waals surface area contributed by atoms with Crippen molar-refractivity contribution in [3.63, 3.8) is 0 Å². The van der Waals surface area contributed by atoms with Crippen LogP contribution in [0.25, 0.3) is 0 Å². The Morgan fingerprint density at radius 2 is 1.60 bits per heavy atom. The molecule has 0 N–H and O–H groups in total. The van der Waals surface area contributed by atoms with Gasteiger partial charge in [0, 0.05) is 30.5 Å². The van der Waals surface area contributed by atoms with Crippen molar-refractivity contribution in [1.29, 1.82) is 0 Å². The summed E-state index contributed by atoms with van der Waals surface area (Å²) in [6.45, 7) is 0.831. The molecule has 0 aliphatic carbocycles. The average molecular weight is 356 g/mol. The number of benzene rings is 2. The minimum atomic E-state index is -3.74. The fourth-order valence-electron chi connectivity index (χ4n) is 3.36. The summed E-state index contributed by atoms with van der Waals surface area (Å²) in [6.07, 6.45) is 1.90. The molecule has 4 rings (SSSR count). The van der Waals surface area contributed by atoms with E-state index in [4.69, 9.17) is 0 Å². The van der Waals surface area contributed by atoms with Crippen LogP contribution in [0.4, 0.5) is 4.39 Å². The van der Waals surface area contributed by atoms with Crippen LogP contribution < -0.4 is 0 Å². The first-order valence-corrected chi connectivity index (χ1v) is 9.49. The number of hydrogen-bond donors (Lipinski definition) is 0. The largest absolute Gasteiger partial charge is 0.348 e. The van der Waals surface area contributed by atoms with E-state index in [0.717, 1.165) is 5.69 Å². The number of halogens is 1. The molecule has 0 amide bonds. The van der Waals surface area contributed by atoms with Gasteiger partial charge in [-0.1, -0.05) is 36.4 Å². The highest BCUT2D eigenvalue weighted by molar-refractivity contribution is 7.89. The van der Waals surface area contributed by atoms with E-state index >= 15 is 0 Å². The lowest BCUT2D eigenvalue weighted by Crippen LogP contribution is -2.42. The third kappa shape index (κ3) is 2.67. The van der Waals surface area contributed by atoms with Crippen LogP contribution in [0, 0.1) is 5.82 Å². The normalized spacial score (nSPS) is 18.0. The third-order valence-electron chi connectivity index (χ3n) is 4.54. The van der Waals surface area contributed by atoms with Crippen LogP contribution in [0.2, 0.25) is 0 Å². The van der Waals surface area contributed by atoms with Gasteiger partial charge in [-0.2, -0.15) is 4.31 Å². The lowest BCUT2D eigenvalue weighted by Gasteiger charge is -2.36. The van der Waals surface area contributed by atoms with Gasteiger partial charge in [-0.15, -0.1) is 0 Å². The Hall–Kier alpha value is -2.44. The zero-order chi connectivity index (χ0) is 17.4. The molecule has 4 nitrogen and oxygen atoms in total. The maximum atomic E-state index is 14.5. The Labute approximate surface area is 146 Å². The van der Waals surface area contributed by atoms with Gasteiger partial charge >= 0.3 is 0 Å². The van der Waals surface area contributed by atoms with Crippen LogP contribution in [0.3, 0.4) is 0 Å². The minimum absolute atomic E-state index is 0.219. The summed E-state index contributed by atoms with van der Waals surface area (Å²) in [7, 11) is -3.74. The monoisotopic (exact) mass is 356 g/mol. The quantitative estimate of drug-likeness (QED) is 0.722. The number of fused-ring (bicyclic) bond motifs is 1. The molecule has 2 heterocycles. The molecular formula is C19H17FN2O2S. The lowest BCUT2D eigenvalue weighted by molar-refractivity contribution is 0.293. The van der Waals surface area contributed by atoms with Crippen LogP contribution in [-0.4, -0.2) is 23.8 Å². The first-order chi connectivity index (χ1) is 12.1.